The molecule has 0 aromatic carbocycles. The molecule has 0 unspecified atom stereocenters. The van der Waals surface area contributed by atoms with E-state index in [2.05, 4.69) is 21.9 Å². The third-order valence-electron chi connectivity index (χ3n) is 2.53. The molecule has 0 aliphatic carbocycles. The first-order valence-corrected chi connectivity index (χ1v) is 6.42. The molecule has 7 heteroatoms. The van der Waals surface area contributed by atoms with Crippen molar-refractivity contribution >= 4 is 34.3 Å². The number of anilines is 1. The number of carbonyl (C=O) groups is 1. The molecule has 0 atom stereocenters. The molecule has 2 heterocycles. The third-order valence-corrected chi connectivity index (χ3v) is 3.58. The molecule has 6 nitrogen and oxygen atoms in total. The molecule has 20 heavy (non-hydrogen) atoms. The normalized spacial score (nSPS) is 9.85. The zero-order valence-electron chi connectivity index (χ0n) is 10.7. The number of thiazole rings is 1. The van der Waals surface area contributed by atoms with Crippen LogP contribution in [-0.2, 0) is 9.53 Å². The van der Waals surface area contributed by atoms with Crippen LogP contribution in [0.4, 0.5) is 5.13 Å². The van der Waals surface area contributed by atoms with Gasteiger partial charge in [0.15, 0.2) is 5.13 Å². The lowest BCUT2D eigenvalue weighted by Crippen LogP contribution is -2.05. The minimum atomic E-state index is -0.0783. The Kier molecular flexibility index (Phi) is 4.21. The molecule has 0 saturated carbocycles. The van der Waals surface area contributed by atoms with Crippen molar-refractivity contribution in [2.45, 2.75) is 0 Å². The van der Waals surface area contributed by atoms with Crippen molar-refractivity contribution < 1.29 is 9.53 Å². The molecule has 0 aliphatic rings. The molecule has 1 amide bonds. The maximum atomic E-state index is 10.5. The largest absolute Gasteiger partial charge is 0.480 e. The van der Waals surface area contributed by atoms with Gasteiger partial charge in [0.05, 0.1) is 12.0 Å². The first kappa shape index (κ1) is 13.9. The molecular weight excluding hydrogens is 276 g/mol. The molecular formula is C13H12N4O2S. The smallest absolute Gasteiger partial charge is 0.233 e. The highest BCUT2D eigenvalue weighted by Gasteiger charge is 2.19. The molecule has 0 fully saturated rings. The molecule has 102 valence electrons. The van der Waals surface area contributed by atoms with Crippen molar-refractivity contribution in [3.8, 4) is 0 Å². The topological polar surface area (TPSA) is 88.0 Å². The van der Waals surface area contributed by atoms with E-state index in [1.807, 2.05) is 12.1 Å². The number of pyridine rings is 1. The van der Waals surface area contributed by atoms with Crippen LogP contribution in [0.2, 0.25) is 0 Å². The SMILES string of the molecule is C=C(c1ccncc1)c1sc(NC=O)nc1C(=N)OC. The first-order chi connectivity index (χ1) is 9.67. The zero-order chi connectivity index (χ0) is 14.5. The van der Waals surface area contributed by atoms with Gasteiger partial charge in [0.1, 0.15) is 5.69 Å². The Bertz CT molecular complexity index is 652. The number of methoxy groups -OCH3 is 1. The average molecular weight is 288 g/mol. The van der Waals surface area contributed by atoms with E-state index in [1.165, 1.54) is 18.4 Å². The van der Waals surface area contributed by atoms with Crippen LogP contribution in [0.3, 0.4) is 0 Å². The summed E-state index contributed by atoms with van der Waals surface area (Å²) in [6.45, 7) is 4.02. The highest BCUT2D eigenvalue weighted by atomic mass is 32.1. The maximum Gasteiger partial charge on any atom is 0.233 e. The van der Waals surface area contributed by atoms with Gasteiger partial charge in [-0.25, -0.2) is 4.98 Å². The van der Waals surface area contributed by atoms with Crippen molar-refractivity contribution in [1.82, 2.24) is 9.97 Å². The van der Waals surface area contributed by atoms with Crippen LogP contribution < -0.4 is 5.32 Å². The van der Waals surface area contributed by atoms with Gasteiger partial charge in [-0.05, 0) is 23.3 Å². The van der Waals surface area contributed by atoms with Crippen molar-refractivity contribution in [2.24, 2.45) is 0 Å². The summed E-state index contributed by atoms with van der Waals surface area (Å²) in [5.74, 6) is -0.0783. The van der Waals surface area contributed by atoms with Gasteiger partial charge in [0, 0.05) is 12.4 Å². The van der Waals surface area contributed by atoms with Crippen LogP contribution in [-0.4, -0.2) is 29.4 Å². The quantitative estimate of drug-likeness (QED) is 0.501. The highest BCUT2D eigenvalue weighted by Crippen LogP contribution is 2.32. The molecule has 2 rings (SSSR count). The summed E-state index contributed by atoms with van der Waals surface area (Å²) in [5, 5.41) is 10.6. The summed E-state index contributed by atoms with van der Waals surface area (Å²) >= 11 is 1.24. The fraction of sp³-hybridized carbons (Fsp3) is 0.0769. The number of nitrogens with zero attached hydrogens (tertiary/aromatic N) is 2. The Balaban J connectivity index is 2.46. The second-order valence-corrected chi connectivity index (χ2v) is 4.71. The molecule has 2 N–H and O–H groups in total. The van der Waals surface area contributed by atoms with Crippen LogP contribution in [0, 0.1) is 5.41 Å². The minimum Gasteiger partial charge on any atom is -0.480 e. The van der Waals surface area contributed by atoms with E-state index >= 15 is 0 Å². The van der Waals surface area contributed by atoms with E-state index < -0.39 is 0 Å². The van der Waals surface area contributed by atoms with E-state index in [0.717, 1.165) is 5.56 Å². The number of hydrogen-bond donors (Lipinski definition) is 2. The fourth-order valence-electron chi connectivity index (χ4n) is 1.57. The van der Waals surface area contributed by atoms with Gasteiger partial charge in [-0.15, -0.1) is 0 Å². The lowest BCUT2D eigenvalue weighted by molar-refractivity contribution is -0.105. The Morgan fingerprint density at radius 1 is 1.50 bits per heavy atom. The Hall–Kier alpha value is -2.54. The summed E-state index contributed by atoms with van der Waals surface area (Å²) in [7, 11) is 1.40. The van der Waals surface area contributed by atoms with Gasteiger partial charge in [0.25, 0.3) is 0 Å². The van der Waals surface area contributed by atoms with Gasteiger partial charge in [-0.1, -0.05) is 17.9 Å². The highest BCUT2D eigenvalue weighted by molar-refractivity contribution is 7.17. The Labute approximate surface area is 119 Å². The summed E-state index contributed by atoms with van der Waals surface area (Å²) in [6, 6.07) is 3.63. The second kappa shape index (κ2) is 6.07. The van der Waals surface area contributed by atoms with Gasteiger partial charge < -0.3 is 10.1 Å². The van der Waals surface area contributed by atoms with Crippen molar-refractivity contribution in [2.75, 3.05) is 12.4 Å². The van der Waals surface area contributed by atoms with E-state index in [1.54, 1.807) is 12.4 Å². The van der Waals surface area contributed by atoms with Crippen molar-refractivity contribution in [1.29, 1.82) is 5.41 Å². The standard InChI is InChI=1S/C13H12N4O2S/c1-8(9-3-5-15-6-4-9)11-10(12(14)19-2)17-13(20-11)16-7-18/h3-7,14H,1H2,2H3,(H,16,17,18). The van der Waals surface area contributed by atoms with Gasteiger partial charge in [-0.3, -0.25) is 15.2 Å². The van der Waals surface area contributed by atoms with E-state index in [0.29, 0.717) is 27.7 Å². The summed E-state index contributed by atoms with van der Waals surface area (Å²) in [5.41, 5.74) is 1.91. The molecule has 0 saturated heterocycles. The molecule has 0 spiro atoms. The molecule has 0 radical (unpaired) electrons. The zero-order valence-corrected chi connectivity index (χ0v) is 11.5. The summed E-state index contributed by atoms with van der Waals surface area (Å²) < 4.78 is 4.91. The lowest BCUT2D eigenvalue weighted by Gasteiger charge is -2.05. The second-order valence-electron chi connectivity index (χ2n) is 3.71. The molecule has 0 bridgehead atoms. The van der Waals surface area contributed by atoms with Crippen LogP contribution in [0.1, 0.15) is 16.1 Å². The monoisotopic (exact) mass is 288 g/mol. The third kappa shape index (κ3) is 2.72. The number of carbonyl (C=O) groups excluding carboxylic acids is 1. The van der Waals surface area contributed by atoms with Crippen LogP contribution in [0.15, 0.2) is 31.1 Å². The van der Waals surface area contributed by atoms with E-state index in [4.69, 9.17) is 10.1 Å². The maximum absolute atomic E-state index is 10.5. The van der Waals surface area contributed by atoms with E-state index in [9.17, 15) is 4.79 Å². The molecule has 0 aliphatic heterocycles. The van der Waals surface area contributed by atoms with Gasteiger partial charge >= 0.3 is 0 Å². The predicted octanol–water partition coefficient (Wildman–Crippen LogP) is 2.14. The molecule has 2 aromatic rings. The number of nitrogens with one attached hydrogen (secondary N) is 2. The summed E-state index contributed by atoms with van der Waals surface area (Å²) in [4.78, 5) is 19.3. The van der Waals surface area contributed by atoms with Crippen molar-refractivity contribution in [3.63, 3.8) is 0 Å². The summed E-state index contributed by atoms with van der Waals surface area (Å²) in [6.07, 6.45) is 3.86. The van der Waals surface area contributed by atoms with Crippen LogP contribution in [0.5, 0.6) is 0 Å². The van der Waals surface area contributed by atoms with E-state index in [-0.39, 0.29) is 5.90 Å². The number of ether oxygens (including phenoxy) is 1. The average Bonchev–Trinajstić information content (AvgIpc) is 2.91. The number of amides is 1. The number of hydrogen-bond acceptors (Lipinski definition) is 6. The van der Waals surface area contributed by atoms with Crippen molar-refractivity contribution in [3.05, 3.63) is 47.2 Å². The Morgan fingerprint density at radius 2 is 2.20 bits per heavy atom. The van der Waals surface area contributed by atoms with Crippen LogP contribution >= 0.6 is 11.3 Å². The molecule has 2 aromatic heterocycles. The van der Waals surface area contributed by atoms with Gasteiger partial charge in [0.2, 0.25) is 12.3 Å². The Morgan fingerprint density at radius 3 is 2.80 bits per heavy atom. The predicted molar refractivity (Wildman–Crippen MR) is 78.0 cm³/mol. The first-order valence-electron chi connectivity index (χ1n) is 5.61. The fourth-order valence-corrected chi connectivity index (χ4v) is 2.48. The van der Waals surface area contributed by atoms with Gasteiger partial charge in [-0.2, -0.15) is 0 Å². The minimum absolute atomic E-state index is 0.0783. The van der Waals surface area contributed by atoms with Crippen LogP contribution in [0.25, 0.3) is 5.57 Å². The number of rotatable bonds is 5. The lowest BCUT2D eigenvalue weighted by atomic mass is 10.1. The number of aromatic nitrogens is 2.